The third kappa shape index (κ3) is 4.02. The van der Waals surface area contributed by atoms with Gasteiger partial charge < -0.3 is 16.2 Å². The minimum Gasteiger partial charge on any atom is -0.480 e. The van der Waals surface area contributed by atoms with Crippen LogP contribution in [-0.4, -0.2) is 33.9 Å². The van der Waals surface area contributed by atoms with E-state index in [0.717, 1.165) is 0 Å². The molecule has 1 heterocycles. The number of carbonyl (C=O) groups is 3. The van der Waals surface area contributed by atoms with Crippen molar-refractivity contribution >= 4 is 29.4 Å². The van der Waals surface area contributed by atoms with Gasteiger partial charge >= 0.3 is 5.97 Å². The fourth-order valence-electron chi connectivity index (χ4n) is 1.19. The van der Waals surface area contributed by atoms with Gasteiger partial charge in [0.1, 0.15) is 11.2 Å². The maximum atomic E-state index is 11.7. The van der Waals surface area contributed by atoms with E-state index in [2.05, 4.69) is 10.3 Å². The standard InChI is InChI=1S/C10H10ClN3O4/c11-7-3-5(1-2-13-7)9(16)14-6(10(17)18)4-8(12)15/h1-3,6H,4H2,(H2,12,15)(H,14,16)(H,17,18)/t6-/m1/s1. The molecule has 1 aromatic rings. The van der Waals surface area contributed by atoms with Crippen molar-refractivity contribution < 1.29 is 19.5 Å². The number of carbonyl (C=O) groups excluding carboxylic acids is 2. The molecule has 18 heavy (non-hydrogen) atoms. The zero-order valence-corrected chi connectivity index (χ0v) is 9.85. The maximum Gasteiger partial charge on any atom is 0.326 e. The summed E-state index contributed by atoms with van der Waals surface area (Å²) in [6.45, 7) is 0. The average Bonchev–Trinajstić information content (AvgIpc) is 2.27. The Kier molecular flexibility index (Phi) is 4.61. The Balaban J connectivity index is 2.78. The predicted octanol–water partition coefficient (Wildman–Crippen LogP) is -0.207. The van der Waals surface area contributed by atoms with E-state index in [-0.39, 0.29) is 10.7 Å². The maximum absolute atomic E-state index is 11.7. The van der Waals surface area contributed by atoms with E-state index >= 15 is 0 Å². The van der Waals surface area contributed by atoms with Gasteiger partial charge in [-0.3, -0.25) is 9.59 Å². The summed E-state index contributed by atoms with van der Waals surface area (Å²) >= 11 is 5.59. The van der Waals surface area contributed by atoms with E-state index in [1.165, 1.54) is 18.3 Å². The molecule has 0 spiro atoms. The van der Waals surface area contributed by atoms with Crippen LogP contribution in [0.1, 0.15) is 16.8 Å². The number of amides is 2. The fraction of sp³-hybridized carbons (Fsp3) is 0.200. The number of aliphatic carboxylic acids is 1. The van der Waals surface area contributed by atoms with Crippen molar-refractivity contribution in [3.63, 3.8) is 0 Å². The third-order valence-electron chi connectivity index (χ3n) is 2.00. The molecule has 7 nitrogen and oxygen atoms in total. The largest absolute Gasteiger partial charge is 0.480 e. The van der Waals surface area contributed by atoms with E-state index in [0.29, 0.717) is 0 Å². The number of pyridine rings is 1. The number of rotatable bonds is 5. The second-order valence-electron chi connectivity index (χ2n) is 3.40. The molecule has 2 amide bonds. The predicted molar refractivity (Wildman–Crippen MR) is 61.9 cm³/mol. The van der Waals surface area contributed by atoms with Gasteiger partial charge in [0, 0.05) is 11.8 Å². The number of nitrogens with one attached hydrogen (secondary N) is 1. The van der Waals surface area contributed by atoms with Crippen LogP contribution in [0.4, 0.5) is 0 Å². The van der Waals surface area contributed by atoms with Crippen LogP contribution in [0.2, 0.25) is 5.15 Å². The molecule has 0 saturated heterocycles. The first-order valence-electron chi connectivity index (χ1n) is 4.83. The number of nitrogens with zero attached hydrogens (tertiary/aromatic N) is 1. The van der Waals surface area contributed by atoms with Crippen LogP contribution < -0.4 is 11.1 Å². The summed E-state index contributed by atoms with van der Waals surface area (Å²) in [4.78, 5) is 36.8. The minimum atomic E-state index is -1.37. The first-order chi connectivity index (χ1) is 8.40. The SMILES string of the molecule is NC(=O)C[C@@H](NC(=O)c1ccnc(Cl)c1)C(=O)O. The van der Waals surface area contributed by atoms with Gasteiger partial charge in [0.25, 0.3) is 5.91 Å². The molecule has 96 valence electrons. The first-order valence-corrected chi connectivity index (χ1v) is 5.21. The molecule has 1 rings (SSSR count). The highest BCUT2D eigenvalue weighted by molar-refractivity contribution is 6.29. The van der Waals surface area contributed by atoms with Crippen molar-refractivity contribution in [1.82, 2.24) is 10.3 Å². The normalized spacial score (nSPS) is 11.6. The molecule has 4 N–H and O–H groups in total. The first kappa shape index (κ1) is 13.9. The Morgan fingerprint density at radius 2 is 2.17 bits per heavy atom. The highest BCUT2D eigenvalue weighted by Crippen LogP contribution is 2.07. The van der Waals surface area contributed by atoms with Crippen LogP contribution in [0.15, 0.2) is 18.3 Å². The lowest BCUT2D eigenvalue weighted by atomic mass is 10.1. The van der Waals surface area contributed by atoms with Crippen LogP contribution in [0.3, 0.4) is 0 Å². The molecule has 0 bridgehead atoms. The molecule has 0 radical (unpaired) electrons. The van der Waals surface area contributed by atoms with E-state index in [1.807, 2.05) is 0 Å². The zero-order valence-electron chi connectivity index (χ0n) is 9.09. The quantitative estimate of drug-likeness (QED) is 0.640. The summed E-state index contributed by atoms with van der Waals surface area (Å²) in [5, 5.41) is 11.1. The summed E-state index contributed by atoms with van der Waals surface area (Å²) in [5.74, 6) is -2.84. The molecular weight excluding hydrogens is 262 g/mol. The van der Waals surface area contributed by atoms with Gasteiger partial charge in [-0.2, -0.15) is 0 Å². The topological polar surface area (TPSA) is 122 Å². The molecule has 0 aliphatic carbocycles. The summed E-state index contributed by atoms with van der Waals surface area (Å²) in [6, 6.07) is 1.27. The number of primary amides is 1. The highest BCUT2D eigenvalue weighted by Gasteiger charge is 2.22. The molecule has 1 aromatic heterocycles. The van der Waals surface area contributed by atoms with E-state index in [1.54, 1.807) is 0 Å². The lowest BCUT2D eigenvalue weighted by Gasteiger charge is -2.12. The Morgan fingerprint density at radius 3 is 2.67 bits per heavy atom. The second kappa shape index (κ2) is 5.97. The van der Waals surface area contributed by atoms with Crippen molar-refractivity contribution in [2.75, 3.05) is 0 Å². The Morgan fingerprint density at radius 1 is 1.50 bits per heavy atom. The third-order valence-corrected chi connectivity index (χ3v) is 2.20. The van der Waals surface area contributed by atoms with Gasteiger partial charge in [0.05, 0.1) is 6.42 Å². The smallest absolute Gasteiger partial charge is 0.326 e. The van der Waals surface area contributed by atoms with Gasteiger partial charge in [-0.15, -0.1) is 0 Å². The van der Waals surface area contributed by atoms with Crippen molar-refractivity contribution in [2.45, 2.75) is 12.5 Å². The van der Waals surface area contributed by atoms with Gasteiger partial charge in [0.2, 0.25) is 5.91 Å². The fourth-order valence-corrected chi connectivity index (χ4v) is 1.36. The Labute approximate surface area is 107 Å². The van der Waals surface area contributed by atoms with Gasteiger partial charge in [-0.05, 0) is 12.1 Å². The molecule has 0 fully saturated rings. The summed E-state index contributed by atoms with van der Waals surface area (Å²) in [6.07, 6.45) is 0.820. The van der Waals surface area contributed by atoms with Crippen molar-refractivity contribution in [1.29, 1.82) is 0 Å². The van der Waals surface area contributed by atoms with Crippen LogP contribution >= 0.6 is 11.6 Å². The number of aromatic nitrogens is 1. The molecule has 0 unspecified atom stereocenters. The molecule has 0 aliphatic heterocycles. The summed E-state index contributed by atoms with van der Waals surface area (Å²) in [5.41, 5.74) is 5.03. The molecule has 1 atom stereocenters. The highest BCUT2D eigenvalue weighted by atomic mass is 35.5. The number of carboxylic acids is 1. The van der Waals surface area contributed by atoms with Gasteiger partial charge in [-0.25, -0.2) is 9.78 Å². The molecule has 0 aromatic carbocycles. The van der Waals surface area contributed by atoms with Crippen molar-refractivity contribution in [3.05, 3.63) is 29.0 Å². The van der Waals surface area contributed by atoms with Crippen LogP contribution in [0.25, 0.3) is 0 Å². The second-order valence-corrected chi connectivity index (χ2v) is 3.79. The molecule has 8 heteroatoms. The van der Waals surface area contributed by atoms with E-state index < -0.39 is 30.2 Å². The summed E-state index contributed by atoms with van der Waals surface area (Å²) < 4.78 is 0. The number of carboxylic acid groups (broad SMARTS) is 1. The lowest BCUT2D eigenvalue weighted by Crippen LogP contribution is -2.43. The molecular formula is C10H10ClN3O4. The molecule has 0 saturated carbocycles. The lowest BCUT2D eigenvalue weighted by molar-refractivity contribution is -0.140. The van der Waals surface area contributed by atoms with Crippen molar-refractivity contribution in [3.8, 4) is 0 Å². The number of hydrogen-bond donors (Lipinski definition) is 3. The Bertz CT molecular complexity index is 492. The van der Waals surface area contributed by atoms with Crippen LogP contribution in [0.5, 0.6) is 0 Å². The zero-order chi connectivity index (χ0) is 13.7. The van der Waals surface area contributed by atoms with E-state index in [4.69, 9.17) is 22.4 Å². The van der Waals surface area contributed by atoms with Gasteiger partial charge in [-0.1, -0.05) is 11.6 Å². The summed E-state index contributed by atoms with van der Waals surface area (Å²) in [7, 11) is 0. The monoisotopic (exact) mass is 271 g/mol. The van der Waals surface area contributed by atoms with E-state index in [9.17, 15) is 14.4 Å². The van der Waals surface area contributed by atoms with Crippen LogP contribution in [-0.2, 0) is 9.59 Å². The van der Waals surface area contributed by atoms with Crippen LogP contribution in [0, 0.1) is 0 Å². The van der Waals surface area contributed by atoms with Crippen molar-refractivity contribution in [2.24, 2.45) is 5.73 Å². The van der Waals surface area contributed by atoms with Gasteiger partial charge in [0.15, 0.2) is 0 Å². The average molecular weight is 272 g/mol. The molecule has 0 aliphatic rings. The number of hydrogen-bond acceptors (Lipinski definition) is 4. The minimum absolute atomic E-state index is 0.101. The number of nitrogens with two attached hydrogens (primary N) is 1. The Hall–Kier alpha value is -2.15. The number of halogens is 1.